The minimum Gasteiger partial charge on any atom is -0.463 e. The van der Waals surface area contributed by atoms with Gasteiger partial charge in [-0.1, -0.05) is 0 Å². The molecule has 0 aromatic heterocycles. The van der Waals surface area contributed by atoms with Crippen molar-refractivity contribution in [1.29, 1.82) is 0 Å². The molecule has 0 aromatic carbocycles. The molecular formula is C4HF6NO2. The summed E-state index contributed by atoms with van der Waals surface area (Å²) in [7, 11) is 0. The van der Waals surface area contributed by atoms with Crippen LogP contribution in [0.1, 0.15) is 0 Å². The molecule has 0 saturated heterocycles. The average Bonchev–Trinajstić information content (AvgIpc) is 1.77. The van der Waals surface area contributed by atoms with E-state index in [0.29, 0.717) is 0 Å². The number of rotatable bonds is 0. The number of hydrogen-bond donors (Lipinski definition) is 1. The van der Waals surface area contributed by atoms with E-state index < -0.39 is 24.2 Å². The molecule has 0 atom stereocenters. The summed E-state index contributed by atoms with van der Waals surface area (Å²) >= 11 is 0. The molecule has 13 heavy (non-hydrogen) atoms. The Balaban J connectivity index is 5.13. The first-order valence-corrected chi connectivity index (χ1v) is 2.51. The summed E-state index contributed by atoms with van der Waals surface area (Å²) in [5.74, 6) is 0. The fraction of sp³-hybridized carbons (Fsp3) is 0.500. The highest BCUT2D eigenvalue weighted by Crippen LogP contribution is 2.30. The molecule has 0 heterocycles. The summed E-state index contributed by atoms with van der Waals surface area (Å²) in [6.07, 6.45) is -14.2. The molecule has 0 aromatic rings. The van der Waals surface area contributed by atoms with Gasteiger partial charge in [-0.3, -0.25) is 0 Å². The molecule has 0 aliphatic carbocycles. The lowest BCUT2D eigenvalue weighted by molar-refractivity contribution is -0.118. The van der Waals surface area contributed by atoms with Gasteiger partial charge in [-0.05, 0) is 0 Å². The minimum absolute atomic E-state index is 1.40. The van der Waals surface area contributed by atoms with Gasteiger partial charge in [0.15, 0.2) is 0 Å². The van der Waals surface area contributed by atoms with Crippen molar-refractivity contribution in [2.24, 2.45) is 4.99 Å². The third kappa shape index (κ3) is 3.76. The van der Waals surface area contributed by atoms with Gasteiger partial charge in [-0.25, -0.2) is 4.79 Å². The number of carboxylic acid groups (broad SMARTS) is 1. The van der Waals surface area contributed by atoms with E-state index in [1.165, 1.54) is 4.99 Å². The van der Waals surface area contributed by atoms with Crippen LogP contribution in [-0.2, 0) is 0 Å². The lowest BCUT2D eigenvalue weighted by Gasteiger charge is -2.11. The van der Waals surface area contributed by atoms with Crippen molar-refractivity contribution in [3.05, 3.63) is 0 Å². The maximum absolute atomic E-state index is 11.5. The highest BCUT2D eigenvalue weighted by atomic mass is 19.4. The van der Waals surface area contributed by atoms with Gasteiger partial charge in [0.2, 0.25) is 5.71 Å². The van der Waals surface area contributed by atoms with Gasteiger partial charge in [-0.15, -0.1) is 0 Å². The van der Waals surface area contributed by atoms with Crippen LogP contribution < -0.4 is 0 Å². The Hall–Kier alpha value is -1.28. The van der Waals surface area contributed by atoms with Crippen LogP contribution in [0.25, 0.3) is 0 Å². The molecule has 9 heteroatoms. The molecule has 0 spiro atoms. The molecule has 0 saturated carbocycles. The van der Waals surface area contributed by atoms with E-state index in [9.17, 15) is 31.1 Å². The number of carbonyl (C=O) groups is 1. The third-order valence-electron chi connectivity index (χ3n) is 0.744. The van der Waals surface area contributed by atoms with Crippen LogP contribution in [0.3, 0.4) is 0 Å². The first-order chi connectivity index (χ1) is 5.55. The van der Waals surface area contributed by atoms with Crippen LogP contribution >= 0.6 is 0 Å². The fourth-order valence-electron chi connectivity index (χ4n) is 0.383. The van der Waals surface area contributed by atoms with Crippen molar-refractivity contribution in [3.63, 3.8) is 0 Å². The molecule has 76 valence electrons. The van der Waals surface area contributed by atoms with Crippen molar-refractivity contribution in [1.82, 2.24) is 0 Å². The first-order valence-electron chi connectivity index (χ1n) is 2.51. The minimum atomic E-state index is -5.82. The third-order valence-corrected chi connectivity index (χ3v) is 0.744. The van der Waals surface area contributed by atoms with Crippen LogP contribution in [0.15, 0.2) is 4.99 Å². The van der Waals surface area contributed by atoms with E-state index in [2.05, 4.69) is 0 Å². The fourth-order valence-corrected chi connectivity index (χ4v) is 0.383. The van der Waals surface area contributed by atoms with Crippen molar-refractivity contribution >= 4 is 11.8 Å². The van der Waals surface area contributed by atoms with Crippen LogP contribution in [0, 0.1) is 0 Å². The van der Waals surface area contributed by atoms with E-state index in [1.54, 1.807) is 0 Å². The Bertz CT molecular complexity index is 222. The lowest BCUT2D eigenvalue weighted by Crippen LogP contribution is -2.37. The Morgan fingerprint density at radius 2 is 1.31 bits per heavy atom. The molecular weight excluding hydrogens is 208 g/mol. The molecule has 1 N–H and O–H groups in total. The van der Waals surface area contributed by atoms with Gasteiger partial charge in [-0.2, -0.15) is 31.3 Å². The molecule has 0 aliphatic heterocycles. The van der Waals surface area contributed by atoms with E-state index in [1.807, 2.05) is 0 Å². The zero-order chi connectivity index (χ0) is 10.9. The topological polar surface area (TPSA) is 49.7 Å². The Kier molecular flexibility index (Phi) is 2.91. The van der Waals surface area contributed by atoms with Crippen LogP contribution in [0.2, 0.25) is 0 Å². The molecule has 0 aliphatic rings. The molecule has 0 bridgehead atoms. The monoisotopic (exact) mass is 209 g/mol. The Morgan fingerprint density at radius 1 is 1.00 bits per heavy atom. The van der Waals surface area contributed by atoms with Crippen molar-refractivity contribution in [2.75, 3.05) is 0 Å². The highest BCUT2D eigenvalue weighted by molar-refractivity contribution is 6.00. The van der Waals surface area contributed by atoms with Gasteiger partial charge >= 0.3 is 18.4 Å². The van der Waals surface area contributed by atoms with Crippen molar-refractivity contribution < 1.29 is 36.2 Å². The summed E-state index contributed by atoms with van der Waals surface area (Å²) in [6, 6.07) is 0. The second kappa shape index (κ2) is 3.23. The van der Waals surface area contributed by atoms with Crippen LogP contribution in [0.5, 0.6) is 0 Å². The number of nitrogens with zero attached hydrogens (tertiary/aromatic N) is 1. The predicted molar refractivity (Wildman–Crippen MR) is 27.6 cm³/mol. The molecule has 3 nitrogen and oxygen atoms in total. The number of amides is 1. The van der Waals surface area contributed by atoms with Crippen molar-refractivity contribution in [2.45, 2.75) is 12.4 Å². The molecule has 0 radical (unpaired) electrons. The second-order valence-electron chi connectivity index (χ2n) is 1.74. The maximum atomic E-state index is 11.5. The Morgan fingerprint density at radius 3 is 1.38 bits per heavy atom. The zero-order valence-electron chi connectivity index (χ0n) is 5.57. The number of alkyl halides is 6. The number of hydrogen-bond acceptors (Lipinski definition) is 1. The van der Waals surface area contributed by atoms with Gasteiger partial charge < -0.3 is 5.11 Å². The summed E-state index contributed by atoms with van der Waals surface area (Å²) < 4.78 is 68.8. The summed E-state index contributed by atoms with van der Waals surface area (Å²) in [5, 5.41) is 7.62. The van der Waals surface area contributed by atoms with Gasteiger partial charge in [0.05, 0.1) is 0 Å². The average molecular weight is 209 g/mol. The zero-order valence-corrected chi connectivity index (χ0v) is 5.57. The lowest BCUT2D eigenvalue weighted by atomic mass is 10.3. The molecule has 1 amide bonds. The van der Waals surface area contributed by atoms with E-state index in [-0.39, 0.29) is 0 Å². The summed E-state index contributed by atoms with van der Waals surface area (Å²) in [5.41, 5.74) is -3.28. The van der Waals surface area contributed by atoms with E-state index >= 15 is 0 Å². The molecule has 0 rings (SSSR count). The van der Waals surface area contributed by atoms with Gasteiger partial charge in [0.25, 0.3) is 0 Å². The standard InChI is InChI=1S/C4HF6NO2/c5-3(6,7)1(4(8,9)10)11-2(12)13/h(H,12,13). The maximum Gasteiger partial charge on any atom is 0.438 e. The predicted octanol–water partition coefficient (Wildman–Crippen LogP) is 2.23. The number of aliphatic imine (C=N–C) groups is 1. The normalized spacial score (nSPS) is 12.5. The van der Waals surface area contributed by atoms with Crippen molar-refractivity contribution in [3.8, 4) is 0 Å². The largest absolute Gasteiger partial charge is 0.463 e. The van der Waals surface area contributed by atoms with Gasteiger partial charge in [0, 0.05) is 0 Å². The highest BCUT2D eigenvalue weighted by Gasteiger charge is 2.53. The first kappa shape index (κ1) is 11.7. The van der Waals surface area contributed by atoms with Gasteiger partial charge in [0.1, 0.15) is 0 Å². The second-order valence-corrected chi connectivity index (χ2v) is 1.74. The SMILES string of the molecule is O=C(O)N=C(C(F)(F)F)C(F)(F)F. The van der Waals surface area contributed by atoms with Crippen LogP contribution in [0.4, 0.5) is 31.1 Å². The smallest absolute Gasteiger partial charge is 0.438 e. The summed E-state index contributed by atoms with van der Waals surface area (Å²) in [4.78, 5) is 10.9. The van der Waals surface area contributed by atoms with E-state index in [4.69, 9.17) is 5.11 Å². The molecule has 0 unspecified atom stereocenters. The molecule has 0 fully saturated rings. The number of halogens is 6. The van der Waals surface area contributed by atoms with E-state index in [0.717, 1.165) is 0 Å². The van der Waals surface area contributed by atoms with Crippen LogP contribution in [-0.4, -0.2) is 29.3 Å². The summed E-state index contributed by atoms with van der Waals surface area (Å²) in [6.45, 7) is 0. The quantitative estimate of drug-likeness (QED) is 0.491. The Labute approximate surface area is 66.7 Å².